The fourth-order valence-corrected chi connectivity index (χ4v) is 2.56. The maximum atomic E-state index is 11.9. The highest BCUT2D eigenvalue weighted by Crippen LogP contribution is 2.15. The Hall–Kier alpha value is -1.90. The lowest BCUT2D eigenvalue weighted by Crippen LogP contribution is -2.46. The van der Waals surface area contributed by atoms with Crippen molar-refractivity contribution >= 4 is 11.6 Å². The molecule has 1 aliphatic heterocycles. The summed E-state index contributed by atoms with van der Waals surface area (Å²) >= 11 is 0. The van der Waals surface area contributed by atoms with Gasteiger partial charge in [-0.05, 0) is 43.1 Å². The molecule has 0 bridgehead atoms. The highest BCUT2D eigenvalue weighted by atomic mass is 16.1. The van der Waals surface area contributed by atoms with Crippen molar-refractivity contribution in [3.05, 3.63) is 29.8 Å². The lowest BCUT2D eigenvalue weighted by Gasteiger charge is -2.34. The molecule has 21 heavy (non-hydrogen) atoms. The van der Waals surface area contributed by atoms with E-state index in [9.17, 15) is 4.79 Å². The second-order valence-corrected chi connectivity index (χ2v) is 5.72. The van der Waals surface area contributed by atoms with Gasteiger partial charge < -0.3 is 16.0 Å². The molecule has 1 saturated heterocycles. The van der Waals surface area contributed by atoms with Gasteiger partial charge in [0.15, 0.2) is 0 Å². The number of likely N-dealkylation sites (tertiary alicyclic amines) is 1. The maximum absolute atomic E-state index is 11.9. The number of nitrogens with one attached hydrogen (secondary N) is 1. The average molecular weight is 286 g/mol. The topological polar surface area (TPSA) is 82.2 Å². The smallest absolute Gasteiger partial charge is 0.225 e. The van der Waals surface area contributed by atoms with Gasteiger partial charge in [0.2, 0.25) is 5.91 Å². The Morgan fingerprint density at radius 3 is 2.81 bits per heavy atom. The molecule has 1 aromatic carbocycles. The van der Waals surface area contributed by atoms with E-state index in [1.54, 1.807) is 24.3 Å². The Morgan fingerprint density at radius 1 is 1.48 bits per heavy atom. The molecule has 2 rings (SSSR count). The fraction of sp³-hybridized carbons (Fsp3) is 0.500. The van der Waals surface area contributed by atoms with Crippen LogP contribution >= 0.6 is 0 Å². The number of carbonyl (C=O) groups is 1. The highest BCUT2D eigenvalue weighted by Gasteiger charge is 2.23. The average Bonchev–Trinajstić information content (AvgIpc) is 2.49. The molecule has 3 N–H and O–H groups in total. The van der Waals surface area contributed by atoms with Gasteiger partial charge in [-0.25, -0.2) is 0 Å². The summed E-state index contributed by atoms with van der Waals surface area (Å²) in [7, 11) is 0. The van der Waals surface area contributed by atoms with Gasteiger partial charge in [-0.1, -0.05) is 6.92 Å². The summed E-state index contributed by atoms with van der Waals surface area (Å²) < 4.78 is 0. The van der Waals surface area contributed by atoms with Crippen LogP contribution in [0.3, 0.4) is 0 Å². The number of hydrogen-bond donors (Lipinski definition) is 2. The van der Waals surface area contributed by atoms with E-state index in [1.807, 2.05) is 0 Å². The van der Waals surface area contributed by atoms with Crippen molar-refractivity contribution in [2.75, 3.05) is 25.0 Å². The standard InChI is InChI=1S/C16H22N4O/c1-12-11-20(8-6-15(12)18)9-7-16(21)19-14-4-2-13(10-17)3-5-14/h2-5,12,15H,6-9,11,18H2,1H3,(H,19,21). The molecule has 0 aliphatic carbocycles. The molecule has 0 saturated carbocycles. The zero-order valence-electron chi connectivity index (χ0n) is 12.4. The summed E-state index contributed by atoms with van der Waals surface area (Å²) in [4.78, 5) is 14.2. The normalized spacial score (nSPS) is 22.5. The van der Waals surface area contributed by atoms with Crippen LogP contribution in [-0.2, 0) is 4.79 Å². The van der Waals surface area contributed by atoms with Crippen LogP contribution in [0.15, 0.2) is 24.3 Å². The summed E-state index contributed by atoms with van der Waals surface area (Å²) in [5, 5.41) is 11.6. The number of rotatable bonds is 4. The van der Waals surface area contributed by atoms with Crippen LogP contribution < -0.4 is 11.1 Å². The third-order valence-corrected chi connectivity index (χ3v) is 4.01. The number of hydrogen-bond acceptors (Lipinski definition) is 4. The lowest BCUT2D eigenvalue weighted by atomic mass is 9.95. The molecule has 0 radical (unpaired) electrons. The molecule has 0 aromatic heterocycles. The number of nitrogens with two attached hydrogens (primary N) is 1. The highest BCUT2D eigenvalue weighted by molar-refractivity contribution is 5.90. The van der Waals surface area contributed by atoms with Gasteiger partial charge in [0.25, 0.3) is 0 Å². The second kappa shape index (κ2) is 7.21. The number of piperidine rings is 1. The quantitative estimate of drug-likeness (QED) is 0.880. The van der Waals surface area contributed by atoms with E-state index in [4.69, 9.17) is 11.0 Å². The minimum atomic E-state index is 0.00207. The van der Waals surface area contributed by atoms with E-state index in [0.717, 1.165) is 31.7 Å². The summed E-state index contributed by atoms with van der Waals surface area (Å²) in [5.41, 5.74) is 7.31. The van der Waals surface area contributed by atoms with Crippen molar-refractivity contribution in [1.82, 2.24) is 4.90 Å². The van der Waals surface area contributed by atoms with Crippen molar-refractivity contribution in [3.63, 3.8) is 0 Å². The first-order chi connectivity index (χ1) is 10.1. The first kappa shape index (κ1) is 15.5. The van der Waals surface area contributed by atoms with Gasteiger partial charge in [-0.15, -0.1) is 0 Å². The van der Waals surface area contributed by atoms with Crippen molar-refractivity contribution < 1.29 is 4.79 Å². The van der Waals surface area contributed by atoms with E-state index < -0.39 is 0 Å². The summed E-state index contributed by atoms with van der Waals surface area (Å²) in [5.74, 6) is 0.488. The predicted molar refractivity (Wildman–Crippen MR) is 82.6 cm³/mol. The molecular weight excluding hydrogens is 264 g/mol. The van der Waals surface area contributed by atoms with Gasteiger partial charge >= 0.3 is 0 Å². The summed E-state index contributed by atoms with van der Waals surface area (Å²) in [6, 6.07) is 9.23. The van der Waals surface area contributed by atoms with Crippen molar-refractivity contribution in [3.8, 4) is 6.07 Å². The Bertz CT molecular complexity index is 520. The molecule has 5 nitrogen and oxygen atoms in total. The van der Waals surface area contributed by atoms with Crippen molar-refractivity contribution in [1.29, 1.82) is 5.26 Å². The first-order valence-corrected chi connectivity index (χ1v) is 7.36. The van der Waals surface area contributed by atoms with Gasteiger partial charge in [0, 0.05) is 31.2 Å². The van der Waals surface area contributed by atoms with Crippen molar-refractivity contribution in [2.24, 2.45) is 11.7 Å². The third-order valence-electron chi connectivity index (χ3n) is 4.01. The number of anilines is 1. The van der Waals surface area contributed by atoms with Gasteiger partial charge in [0.1, 0.15) is 0 Å². The lowest BCUT2D eigenvalue weighted by molar-refractivity contribution is -0.116. The van der Waals surface area contributed by atoms with Crippen LogP contribution in [0.2, 0.25) is 0 Å². The summed E-state index contributed by atoms with van der Waals surface area (Å²) in [6.07, 6.45) is 1.47. The van der Waals surface area contributed by atoms with Crippen LogP contribution in [0.1, 0.15) is 25.3 Å². The molecule has 112 valence electrons. The maximum Gasteiger partial charge on any atom is 0.225 e. The molecule has 1 fully saturated rings. The van der Waals surface area contributed by atoms with E-state index in [0.29, 0.717) is 17.9 Å². The monoisotopic (exact) mass is 286 g/mol. The number of carbonyl (C=O) groups excluding carboxylic acids is 1. The Morgan fingerprint density at radius 2 is 2.19 bits per heavy atom. The molecule has 1 aliphatic rings. The van der Waals surface area contributed by atoms with E-state index in [2.05, 4.69) is 23.2 Å². The zero-order valence-corrected chi connectivity index (χ0v) is 12.4. The molecule has 2 atom stereocenters. The molecule has 1 aromatic rings. The van der Waals surface area contributed by atoms with Crippen LogP contribution in [0.5, 0.6) is 0 Å². The summed E-state index contributed by atoms with van der Waals surface area (Å²) in [6.45, 7) is 4.85. The first-order valence-electron chi connectivity index (χ1n) is 7.36. The Balaban J connectivity index is 1.76. The van der Waals surface area contributed by atoms with Crippen LogP contribution in [0, 0.1) is 17.2 Å². The minimum Gasteiger partial charge on any atom is -0.327 e. The van der Waals surface area contributed by atoms with E-state index in [1.165, 1.54) is 0 Å². The number of benzene rings is 1. The van der Waals surface area contributed by atoms with E-state index in [-0.39, 0.29) is 11.9 Å². The second-order valence-electron chi connectivity index (χ2n) is 5.72. The number of nitriles is 1. The zero-order chi connectivity index (χ0) is 15.2. The van der Waals surface area contributed by atoms with Gasteiger partial charge in [-0.2, -0.15) is 5.26 Å². The SMILES string of the molecule is CC1CN(CCC(=O)Nc2ccc(C#N)cc2)CCC1N. The van der Waals surface area contributed by atoms with E-state index >= 15 is 0 Å². The van der Waals surface area contributed by atoms with Crippen molar-refractivity contribution in [2.45, 2.75) is 25.8 Å². The van der Waals surface area contributed by atoms with Gasteiger partial charge in [-0.3, -0.25) is 4.79 Å². The van der Waals surface area contributed by atoms with Crippen LogP contribution in [0.4, 0.5) is 5.69 Å². The molecule has 2 unspecified atom stereocenters. The largest absolute Gasteiger partial charge is 0.327 e. The Labute approximate surface area is 125 Å². The molecule has 1 amide bonds. The molecule has 1 heterocycles. The molecule has 0 spiro atoms. The predicted octanol–water partition coefficient (Wildman–Crippen LogP) is 1.56. The minimum absolute atomic E-state index is 0.00207. The Kier molecular flexibility index (Phi) is 5.32. The fourth-order valence-electron chi connectivity index (χ4n) is 2.56. The number of nitrogens with zero attached hydrogens (tertiary/aromatic N) is 2. The molecular formula is C16H22N4O. The number of amides is 1. The van der Waals surface area contributed by atoms with Crippen LogP contribution in [0.25, 0.3) is 0 Å². The van der Waals surface area contributed by atoms with Crippen LogP contribution in [-0.4, -0.2) is 36.5 Å². The third kappa shape index (κ3) is 4.55. The molecule has 5 heteroatoms. The van der Waals surface area contributed by atoms with Gasteiger partial charge in [0.05, 0.1) is 11.6 Å².